The van der Waals surface area contributed by atoms with E-state index in [1.165, 1.54) is 0 Å². The number of ether oxygens (including phenoxy) is 1. The van der Waals surface area contributed by atoms with Gasteiger partial charge in [0.15, 0.2) is 0 Å². The predicted molar refractivity (Wildman–Crippen MR) is 110 cm³/mol. The van der Waals surface area contributed by atoms with Crippen LogP contribution in [-0.2, 0) is 4.79 Å². The fraction of sp³-hybridized carbons (Fsp3) is 0.238. The van der Waals surface area contributed by atoms with Crippen LogP contribution in [0.2, 0.25) is 0 Å². The zero-order chi connectivity index (χ0) is 19.6. The quantitative estimate of drug-likeness (QED) is 0.721. The van der Waals surface area contributed by atoms with Crippen LogP contribution in [0.1, 0.15) is 24.2 Å². The minimum absolute atomic E-state index is 0.0206. The molecule has 2 aromatic carbocycles. The molecule has 0 fully saturated rings. The number of fused-ring (bicyclic) bond motifs is 1. The molecule has 1 heterocycles. The van der Waals surface area contributed by atoms with Crippen LogP contribution in [0.4, 0.5) is 11.4 Å². The number of nitrogens with one attached hydrogen (secondary N) is 1. The minimum atomic E-state index is -0.650. The van der Waals surface area contributed by atoms with Crippen LogP contribution >= 0.6 is 15.9 Å². The van der Waals surface area contributed by atoms with E-state index in [4.69, 9.17) is 4.74 Å². The number of carbonyl (C=O) groups excluding carboxylic acids is 2. The lowest BCUT2D eigenvalue weighted by molar-refractivity contribution is -0.127. The van der Waals surface area contributed by atoms with Crippen molar-refractivity contribution in [2.45, 2.75) is 13.8 Å². The SMILES string of the molecule is C=CCN1C(=O)C(C)(C)COc2cc(NC(=O)c3ccc(Br)cc3)ccc21. The topological polar surface area (TPSA) is 58.6 Å². The summed E-state index contributed by atoms with van der Waals surface area (Å²) in [5.41, 5.74) is 1.18. The number of amides is 2. The Morgan fingerprint density at radius 2 is 2.00 bits per heavy atom. The molecular formula is C21H21BrN2O3. The lowest BCUT2D eigenvalue weighted by Crippen LogP contribution is -2.42. The second-order valence-electron chi connectivity index (χ2n) is 7.02. The van der Waals surface area contributed by atoms with Crippen molar-refractivity contribution in [1.82, 2.24) is 0 Å². The molecular weight excluding hydrogens is 408 g/mol. The molecule has 6 heteroatoms. The number of halogens is 1. The van der Waals surface area contributed by atoms with Crippen molar-refractivity contribution in [3.05, 3.63) is 65.2 Å². The van der Waals surface area contributed by atoms with Gasteiger partial charge in [-0.1, -0.05) is 22.0 Å². The number of hydrogen-bond donors (Lipinski definition) is 1. The Bertz CT molecular complexity index is 891. The highest BCUT2D eigenvalue weighted by Crippen LogP contribution is 2.38. The summed E-state index contributed by atoms with van der Waals surface area (Å²) < 4.78 is 6.81. The third-order valence-electron chi connectivity index (χ3n) is 4.34. The average Bonchev–Trinajstić information content (AvgIpc) is 2.73. The third kappa shape index (κ3) is 4.06. The smallest absolute Gasteiger partial charge is 0.255 e. The Kier molecular flexibility index (Phi) is 5.37. The van der Waals surface area contributed by atoms with Gasteiger partial charge in [-0.15, -0.1) is 6.58 Å². The molecule has 27 heavy (non-hydrogen) atoms. The first kappa shape index (κ1) is 19.2. The molecule has 0 saturated heterocycles. The van der Waals surface area contributed by atoms with E-state index >= 15 is 0 Å². The van der Waals surface area contributed by atoms with Crippen LogP contribution in [0.25, 0.3) is 0 Å². The lowest BCUT2D eigenvalue weighted by Gasteiger charge is -2.27. The first-order valence-electron chi connectivity index (χ1n) is 8.58. The second kappa shape index (κ2) is 7.56. The van der Waals surface area contributed by atoms with E-state index in [0.717, 1.165) is 4.47 Å². The molecule has 1 aliphatic heterocycles. The van der Waals surface area contributed by atoms with Gasteiger partial charge in [-0.25, -0.2) is 0 Å². The molecule has 0 atom stereocenters. The van der Waals surface area contributed by atoms with Crippen molar-refractivity contribution < 1.29 is 14.3 Å². The normalized spacial score (nSPS) is 15.4. The second-order valence-corrected chi connectivity index (χ2v) is 7.94. The minimum Gasteiger partial charge on any atom is -0.490 e. The summed E-state index contributed by atoms with van der Waals surface area (Å²) in [6, 6.07) is 12.4. The molecule has 0 bridgehead atoms. The molecule has 5 nitrogen and oxygen atoms in total. The molecule has 2 aromatic rings. The molecule has 3 rings (SSSR count). The Morgan fingerprint density at radius 3 is 2.67 bits per heavy atom. The maximum absolute atomic E-state index is 12.8. The highest BCUT2D eigenvalue weighted by Gasteiger charge is 2.37. The fourth-order valence-corrected chi connectivity index (χ4v) is 3.10. The van der Waals surface area contributed by atoms with Crippen LogP contribution in [0, 0.1) is 5.41 Å². The Hall–Kier alpha value is -2.60. The summed E-state index contributed by atoms with van der Waals surface area (Å²) in [4.78, 5) is 26.9. The molecule has 0 aromatic heterocycles. The van der Waals surface area contributed by atoms with E-state index in [1.54, 1.807) is 41.3 Å². The van der Waals surface area contributed by atoms with Gasteiger partial charge in [-0.2, -0.15) is 0 Å². The fourth-order valence-electron chi connectivity index (χ4n) is 2.84. The van der Waals surface area contributed by atoms with E-state index in [1.807, 2.05) is 26.0 Å². The number of carbonyl (C=O) groups is 2. The average molecular weight is 429 g/mol. The monoisotopic (exact) mass is 428 g/mol. The van der Waals surface area contributed by atoms with Gasteiger partial charge >= 0.3 is 0 Å². The Labute approximate surface area is 167 Å². The number of benzene rings is 2. The Balaban J connectivity index is 1.89. The van der Waals surface area contributed by atoms with Crippen LogP contribution < -0.4 is 15.0 Å². The van der Waals surface area contributed by atoms with Gasteiger partial charge < -0.3 is 15.0 Å². The summed E-state index contributed by atoms with van der Waals surface area (Å²) in [6.07, 6.45) is 1.69. The van der Waals surface area contributed by atoms with Crippen LogP contribution in [-0.4, -0.2) is 25.0 Å². The molecule has 140 valence electrons. The van der Waals surface area contributed by atoms with Gasteiger partial charge in [0.25, 0.3) is 5.91 Å². The van der Waals surface area contributed by atoms with Crippen molar-refractivity contribution in [3.8, 4) is 5.75 Å². The maximum Gasteiger partial charge on any atom is 0.255 e. The number of anilines is 2. The highest BCUT2D eigenvalue weighted by molar-refractivity contribution is 9.10. The van der Waals surface area contributed by atoms with Crippen LogP contribution in [0.3, 0.4) is 0 Å². The van der Waals surface area contributed by atoms with E-state index in [9.17, 15) is 9.59 Å². The van der Waals surface area contributed by atoms with Gasteiger partial charge in [-0.3, -0.25) is 9.59 Å². The summed E-state index contributed by atoms with van der Waals surface area (Å²) in [5, 5.41) is 2.87. The summed E-state index contributed by atoms with van der Waals surface area (Å²) in [6.45, 7) is 8.10. The van der Waals surface area contributed by atoms with Crippen LogP contribution in [0.15, 0.2) is 59.6 Å². The molecule has 1 N–H and O–H groups in total. The van der Waals surface area contributed by atoms with E-state index in [2.05, 4.69) is 27.8 Å². The van der Waals surface area contributed by atoms with E-state index < -0.39 is 5.41 Å². The zero-order valence-corrected chi connectivity index (χ0v) is 16.9. The predicted octanol–water partition coefficient (Wildman–Crippen LogP) is 4.64. The summed E-state index contributed by atoms with van der Waals surface area (Å²) in [5.74, 6) is 0.326. The largest absolute Gasteiger partial charge is 0.490 e. The first-order valence-corrected chi connectivity index (χ1v) is 9.38. The molecule has 0 aliphatic carbocycles. The van der Waals surface area contributed by atoms with Gasteiger partial charge in [0, 0.05) is 28.3 Å². The van der Waals surface area contributed by atoms with E-state index in [-0.39, 0.29) is 18.4 Å². The Morgan fingerprint density at radius 1 is 1.30 bits per heavy atom. The highest BCUT2D eigenvalue weighted by atomic mass is 79.9. The van der Waals surface area contributed by atoms with Gasteiger partial charge in [0.05, 0.1) is 11.1 Å². The first-order chi connectivity index (χ1) is 12.8. The molecule has 0 saturated carbocycles. The molecule has 1 aliphatic rings. The van der Waals surface area contributed by atoms with Crippen molar-refractivity contribution in [1.29, 1.82) is 0 Å². The maximum atomic E-state index is 12.8. The van der Waals surface area contributed by atoms with Crippen LogP contribution in [0.5, 0.6) is 5.75 Å². The third-order valence-corrected chi connectivity index (χ3v) is 4.87. The standard InChI is InChI=1S/C21H21BrN2O3/c1-4-11-24-17-10-9-16(12-18(17)27-13-21(2,3)20(24)26)23-19(25)14-5-7-15(22)8-6-14/h4-10,12H,1,11,13H2,2-3H3,(H,23,25). The number of rotatable bonds is 4. The lowest BCUT2D eigenvalue weighted by atomic mass is 9.93. The van der Waals surface area contributed by atoms with Crippen molar-refractivity contribution in [3.63, 3.8) is 0 Å². The van der Waals surface area contributed by atoms with Crippen molar-refractivity contribution in [2.75, 3.05) is 23.4 Å². The molecule has 2 amide bonds. The van der Waals surface area contributed by atoms with Crippen molar-refractivity contribution in [2.24, 2.45) is 5.41 Å². The number of hydrogen-bond acceptors (Lipinski definition) is 3. The summed E-state index contributed by atoms with van der Waals surface area (Å²) >= 11 is 3.35. The molecule has 0 radical (unpaired) electrons. The molecule has 0 unspecified atom stereocenters. The molecule has 0 spiro atoms. The number of nitrogens with zero attached hydrogens (tertiary/aromatic N) is 1. The van der Waals surface area contributed by atoms with Crippen molar-refractivity contribution >= 4 is 39.1 Å². The summed E-state index contributed by atoms with van der Waals surface area (Å²) in [7, 11) is 0. The zero-order valence-electron chi connectivity index (χ0n) is 15.3. The van der Waals surface area contributed by atoms with Gasteiger partial charge in [-0.05, 0) is 50.2 Å². The van der Waals surface area contributed by atoms with E-state index in [0.29, 0.717) is 29.2 Å². The van der Waals surface area contributed by atoms with Gasteiger partial charge in [0.2, 0.25) is 5.91 Å². The van der Waals surface area contributed by atoms with Gasteiger partial charge in [0.1, 0.15) is 12.4 Å².